The fraction of sp³-hybridized carbons (Fsp3) is 0.250. The van der Waals surface area contributed by atoms with Gasteiger partial charge in [-0.05, 0) is 70.6 Å². The van der Waals surface area contributed by atoms with E-state index in [1.807, 2.05) is 12.1 Å². The first-order valence-corrected chi connectivity index (χ1v) is 7.38. The van der Waals surface area contributed by atoms with Crippen molar-refractivity contribution in [3.05, 3.63) is 64.1 Å². The maximum Gasteiger partial charge on any atom is 0.137 e. The van der Waals surface area contributed by atoms with Gasteiger partial charge in [0.05, 0.1) is 4.47 Å². The molecule has 1 fully saturated rings. The largest absolute Gasteiger partial charge is 0.382 e. The van der Waals surface area contributed by atoms with E-state index in [1.54, 1.807) is 12.1 Å². The van der Waals surface area contributed by atoms with Crippen molar-refractivity contribution in [2.45, 2.75) is 24.8 Å². The fourth-order valence-electron chi connectivity index (χ4n) is 2.56. The van der Waals surface area contributed by atoms with E-state index in [0.717, 1.165) is 18.5 Å². The highest BCUT2D eigenvalue weighted by Gasteiger charge is 2.30. The van der Waals surface area contributed by atoms with E-state index >= 15 is 0 Å². The Morgan fingerprint density at radius 1 is 1.00 bits per heavy atom. The molecule has 1 nitrogen and oxygen atoms in total. The van der Waals surface area contributed by atoms with E-state index in [1.165, 1.54) is 23.8 Å². The van der Waals surface area contributed by atoms with Crippen molar-refractivity contribution in [1.29, 1.82) is 0 Å². The first kappa shape index (κ1) is 13.6. The fourth-order valence-corrected chi connectivity index (χ4v) is 2.94. The highest BCUT2D eigenvalue weighted by atomic mass is 79.9. The monoisotopic (exact) mass is 337 g/mol. The first-order valence-electron chi connectivity index (χ1n) is 6.59. The molecule has 1 saturated carbocycles. The molecule has 0 amide bonds. The van der Waals surface area contributed by atoms with Crippen LogP contribution in [0.15, 0.2) is 46.9 Å². The molecule has 0 unspecified atom stereocenters. The molecule has 104 valence electrons. The van der Waals surface area contributed by atoms with Gasteiger partial charge in [0.1, 0.15) is 11.6 Å². The summed E-state index contributed by atoms with van der Waals surface area (Å²) in [7, 11) is 0. The molecule has 0 heterocycles. The van der Waals surface area contributed by atoms with Gasteiger partial charge in [0.25, 0.3) is 0 Å². The van der Waals surface area contributed by atoms with Gasteiger partial charge in [0.2, 0.25) is 0 Å². The summed E-state index contributed by atoms with van der Waals surface area (Å²) in [6, 6.07) is 12.0. The van der Waals surface area contributed by atoms with E-state index in [-0.39, 0.29) is 11.6 Å². The topological polar surface area (TPSA) is 12.0 Å². The molecule has 0 radical (unpaired) electrons. The molecule has 4 heteroatoms. The first-order chi connectivity index (χ1) is 9.61. The number of hydrogen-bond donors (Lipinski definition) is 1. The van der Waals surface area contributed by atoms with Crippen LogP contribution in [-0.4, -0.2) is 6.04 Å². The normalized spacial score (nSPS) is 21.4. The molecule has 1 aliphatic carbocycles. The Kier molecular flexibility index (Phi) is 3.74. The molecule has 0 aromatic heterocycles. The van der Waals surface area contributed by atoms with Crippen LogP contribution >= 0.6 is 15.9 Å². The number of nitrogens with one attached hydrogen (secondary N) is 1. The Morgan fingerprint density at radius 2 is 1.70 bits per heavy atom. The van der Waals surface area contributed by atoms with Crippen LogP contribution in [0.25, 0.3) is 0 Å². The van der Waals surface area contributed by atoms with E-state index in [9.17, 15) is 8.78 Å². The zero-order valence-corrected chi connectivity index (χ0v) is 12.3. The van der Waals surface area contributed by atoms with Crippen LogP contribution in [0.4, 0.5) is 14.5 Å². The van der Waals surface area contributed by atoms with Crippen molar-refractivity contribution in [3.8, 4) is 0 Å². The summed E-state index contributed by atoms with van der Waals surface area (Å²) in [5.74, 6) is 0.0317. The van der Waals surface area contributed by atoms with Crippen molar-refractivity contribution in [2.75, 3.05) is 5.32 Å². The summed E-state index contributed by atoms with van der Waals surface area (Å²) in [5, 5.41) is 3.39. The van der Waals surface area contributed by atoms with Crippen molar-refractivity contribution in [2.24, 2.45) is 0 Å². The third-order valence-corrected chi connectivity index (χ3v) is 4.38. The molecule has 0 aliphatic heterocycles. The van der Waals surface area contributed by atoms with E-state index < -0.39 is 0 Å². The minimum absolute atomic E-state index is 0.195. The molecule has 1 aliphatic rings. The van der Waals surface area contributed by atoms with Crippen molar-refractivity contribution < 1.29 is 8.78 Å². The number of anilines is 1. The summed E-state index contributed by atoms with van der Waals surface area (Å²) in [6.45, 7) is 0. The van der Waals surface area contributed by atoms with Crippen LogP contribution in [0.5, 0.6) is 0 Å². The summed E-state index contributed by atoms with van der Waals surface area (Å²) in [4.78, 5) is 0. The molecule has 1 N–H and O–H groups in total. The highest BCUT2D eigenvalue weighted by molar-refractivity contribution is 9.10. The molecule has 0 spiro atoms. The predicted molar refractivity (Wildman–Crippen MR) is 79.9 cm³/mol. The second kappa shape index (κ2) is 5.52. The van der Waals surface area contributed by atoms with Crippen LogP contribution in [0.1, 0.15) is 24.3 Å². The Hall–Kier alpha value is -1.42. The third kappa shape index (κ3) is 2.85. The van der Waals surface area contributed by atoms with Gasteiger partial charge in [-0.25, -0.2) is 8.78 Å². The maximum absolute atomic E-state index is 13.1. The minimum atomic E-state index is -0.256. The van der Waals surface area contributed by atoms with Gasteiger partial charge in [-0.2, -0.15) is 0 Å². The van der Waals surface area contributed by atoms with Crippen LogP contribution in [0, 0.1) is 11.6 Å². The molecule has 0 bridgehead atoms. The maximum atomic E-state index is 13.1. The van der Waals surface area contributed by atoms with Crippen LogP contribution in [0.2, 0.25) is 0 Å². The standard InChI is InChI=1S/C16H14BrF2N/c17-15-9-13(5-6-16(15)19)20-14-7-11(8-14)10-1-3-12(18)4-2-10/h1-6,9,11,14,20H,7-8H2. The molecular weight excluding hydrogens is 324 g/mol. The molecule has 0 atom stereocenters. The predicted octanol–water partition coefficient (Wildman–Crippen LogP) is 5.09. The smallest absolute Gasteiger partial charge is 0.137 e. The lowest BCUT2D eigenvalue weighted by molar-refractivity contribution is 0.374. The van der Waals surface area contributed by atoms with Gasteiger partial charge < -0.3 is 5.32 Å². The Labute approximate surface area is 125 Å². The van der Waals surface area contributed by atoms with Gasteiger partial charge in [0.15, 0.2) is 0 Å². The van der Waals surface area contributed by atoms with Crippen LogP contribution in [0.3, 0.4) is 0 Å². The number of benzene rings is 2. The number of rotatable bonds is 3. The lowest BCUT2D eigenvalue weighted by Crippen LogP contribution is -2.33. The average Bonchev–Trinajstić information content (AvgIpc) is 2.39. The van der Waals surface area contributed by atoms with Gasteiger partial charge in [-0.1, -0.05) is 12.1 Å². The molecule has 3 rings (SSSR count). The lowest BCUT2D eigenvalue weighted by atomic mass is 9.76. The summed E-state index contributed by atoms with van der Waals surface area (Å²) in [5.41, 5.74) is 2.10. The van der Waals surface area contributed by atoms with Crippen molar-refractivity contribution >= 4 is 21.6 Å². The van der Waals surface area contributed by atoms with Crippen LogP contribution < -0.4 is 5.32 Å². The highest BCUT2D eigenvalue weighted by Crippen LogP contribution is 2.38. The molecule has 0 saturated heterocycles. The Balaban J connectivity index is 1.58. The van der Waals surface area contributed by atoms with Gasteiger partial charge in [-0.15, -0.1) is 0 Å². The third-order valence-electron chi connectivity index (χ3n) is 3.77. The lowest BCUT2D eigenvalue weighted by Gasteiger charge is -2.37. The Bertz CT molecular complexity index is 606. The quantitative estimate of drug-likeness (QED) is 0.822. The molecule has 2 aromatic rings. The molecule has 20 heavy (non-hydrogen) atoms. The second-order valence-electron chi connectivity index (χ2n) is 5.19. The Morgan fingerprint density at radius 3 is 2.35 bits per heavy atom. The number of halogens is 3. The zero-order valence-electron chi connectivity index (χ0n) is 10.7. The molecular formula is C16H14BrF2N. The minimum Gasteiger partial charge on any atom is -0.382 e. The summed E-state index contributed by atoms with van der Waals surface area (Å²) in [6.07, 6.45) is 2.03. The van der Waals surface area contributed by atoms with Crippen molar-refractivity contribution in [3.63, 3.8) is 0 Å². The van der Waals surface area contributed by atoms with E-state index in [0.29, 0.717) is 16.4 Å². The van der Waals surface area contributed by atoms with Crippen LogP contribution in [-0.2, 0) is 0 Å². The van der Waals surface area contributed by atoms with Crippen molar-refractivity contribution in [1.82, 2.24) is 0 Å². The van der Waals surface area contributed by atoms with Gasteiger partial charge in [0, 0.05) is 11.7 Å². The van der Waals surface area contributed by atoms with E-state index in [2.05, 4.69) is 21.2 Å². The molecule has 2 aromatic carbocycles. The summed E-state index contributed by atoms with van der Waals surface area (Å²) < 4.78 is 26.5. The SMILES string of the molecule is Fc1ccc(C2CC(Nc3ccc(F)c(Br)c3)C2)cc1. The van der Waals surface area contributed by atoms with Gasteiger partial charge >= 0.3 is 0 Å². The summed E-state index contributed by atoms with van der Waals surface area (Å²) >= 11 is 3.18. The number of hydrogen-bond acceptors (Lipinski definition) is 1. The average molecular weight is 338 g/mol. The zero-order chi connectivity index (χ0) is 14.1. The van der Waals surface area contributed by atoms with Gasteiger partial charge in [-0.3, -0.25) is 0 Å². The van der Waals surface area contributed by atoms with E-state index in [4.69, 9.17) is 0 Å². The second-order valence-corrected chi connectivity index (χ2v) is 6.04.